The number of ether oxygens (including phenoxy) is 2. The molecule has 1 saturated carbocycles. The first-order valence-electron chi connectivity index (χ1n) is 11.8. The Labute approximate surface area is 219 Å². The fraction of sp³-hybridized carbons (Fsp3) is 0.444. The van der Waals surface area contributed by atoms with Gasteiger partial charge in [-0.05, 0) is 83.3 Å². The third-order valence-corrected chi connectivity index (χ3v) is 7.91. The molecule has 1 N–H and O–H groups in total. The van der Waals surface area contributed by atoms with Gasteiger partial charge in [0.15, 0.2) is 6.61 Å². The van der Waals surface area contributed by atoms with Crippen LogP contribution in [-0.2, 0) is 14.3 Å². The topological polar surface area (TPSA) is 81.7 Å². The van der Waals surface area contributed by atoms with Crippen LogP contribution in [0.5, 0.6) is 0 Å². The van der Waals surface area contributed by atoms with Crippen molar-refractivity contribution in [2.75, 3.05) is 11.9 Å². The fourth-order valence-electron chi connectivity index (χ4n) is 4.47. The molecule has 0 heterocycles. The molecule has 0 aliphatic heterocycles. The lowest BCUT2D eigenvalue weighted by Gasteiger charge is -2.36. The number of rotatable bonds is 7. The predicted molar refractivity (Wildman–Crippen MR) is 140 cm³/mol. The summed E-state index contributed by atoms with van der Waals surface area (Å²) in [6, 6.07) is 9.77. The molecule has 0 bridgehead atoms. The van der Waals surface area contributed by atoms with Crippen molar-refractivity contribution in [1.29, 1.82) is 0 Å². The second-order valence-corrected chi connectivity index (χ2v) is 10.7. The van der Waals surface area contributed by atoms with Crippen LogP contribution in [0.25, 0.3) is 0 Å². The van der Waals surface area contributed by atoms with Gasteiger partial charge in [-0.15, -0.1) is 0 Å². The van der Waals surface area contributed by atoms with E-state index in [0.717, 1.165) is 19.3 Å². The Balaban J connectivity index is 1.65. The smallest absolute Gasteiger partial charge is 0.339 e. The third kappa shape index (κ3) is 6.85. The van der Waals surface area contributed by atoms with E-state index in [1.165, 1.54) is 6.07 Å². The Kier molecular flexibility index (Phi) is 9.36. The highest BCUT2D eigenvalue weighted by atomic mass is 79.9. The molecule has 3 rings (SSSR count). The summed E-state index contributed by atoms with van der Waals surface area (Å²) >= 11 is 9.53. The van der Waals surface area contributed by atoms with Gasteiger partial charge in [0.2, 0.25) is 0 Å². The molecule has 6 nitrogen and oxygen atoms in total. The fourth-order valence-corrected chi connectivity index (χ4v) is 5.07. The molecule has 1 fully saturated rings. The van der Waals surface area contributed by atoms with Crippen LogP contribution in [0.2, 0.25) is 5.02 Å². The molecule has 0 spiro atoms. The molecule has 0 saturated heterocycles. The maximum absolute atomic E-state index is 13.1. The van der Waals surface area contributed by atoms with Crippen molar-refractivity contribution in [3.05, 3.63) is 62.6 Å². The maximum Gasteiger partial charge on any atom is 0.339 e. The summed E-state index contributed by atoms with van der Waals surface area (Å²) in [7, 11) is 0. The molecule has 1 aliphatic carbocycles. The van der Waals surface area contributed by atoms with E-state index in [4.69, 9.17) is 21.1 Å². The predicted octanol–water partition coefficient (Wildman–Crippen LogP) is 6.82. The summed E-state index contributed by atoms with van der Waals surface area (Å²) in [5.74, 6) is -0.680. The van der Waals surface area contributed by atoms with Gasteiger partial charge in [0, 0.05) is 10.2 Å². The minimum atomic E-state index is -0.768. The summed E-state index contributed by atoms with van der Waals surface area (Å²) in [6.07, 6.45) is 2.75. The lowest BCUT2D eigenvalue weighted by Crippen LogP contribution is -2.36. The molecule has 1 amide bonds. The van der Waals surface area contributed by atoms with Gasteiger partial charge in [0.25, 0.3) is 5.91 Å². The van der Waals surface area contributed by atoms with E-state index >= 15 is 0 Å². The van der Waals surface area contributed by atoms with E-state index in [1.807, 2.05) is 0 Å². The van der Waals surface area contributed by atoms with Crippen LogP contribution in [0.3, 0.4) is 0 Å². The second-order valence-electron chi connectivity index (χ2n) is 9.47. The number of benzene rings is 2. The van der Waals surface area contributed by atoms with Gasteiger partial charge in [-0.1, -0.05) is 50.9 Å². The van der Waals surface area contributed by atoms with Crippen molar-refractivity contribution < 1.29 is 23.9 Å². The third-order valence-electron chi connectivity index (χ3n) is 6.53. The number of hydrogen-bond acceptors (Lipinski definition) is 5. The Morgan fingerprint density at radius 1 is 1.09 bits per heavy atom. The summed E-state index contributed by atoms with van der Waals surface area (Å²) < 4.78 is 11.8. The zero-order chi connectivity index (χ0) is 25.7. The van der Waals surface area contributed by atoms with Crippen LogP contribution < -0.4 is 5.32 Å². The molecule has 8 heteroatoms. The standard InChI is InChI=1S/C27H31BrClNO5/c1-15(2)18-10-9-16(3)13-23(18)35-27(33)20-8-6-5-7-19(20)26(32)34-14-24(31)30-22-12-11-21(28)25(29)17(22)4/h5-8,11-12,15-16,18,23H,9-10,13-14H2,1-4H3,(H,30,31)/t16-,18+,23-/m1/s1. The average Bonchev–Trinajstić information content (AvgIpc) is 2.82. The molecule has 188 valence electrons. The van der Waals surface area contributed by atoms with Crippen LogP contribution in [-0.4, -0.2) is 30.6 Å². The summed E-state index contributed by atoms with van der Waals surface area (Å²) in [6.45, 7) is 7.71. The van der Waals surface area contributed by atoms with E-state index < -0.39 is 24.5 Å². The Hall–Kier alpha value is -2.38. The van der Waals surface area contributed by atoms with E-state index in [2.05, 4.69) is 42.0 Å². The highest BCUT2D eigenvalue weighted by Gasteiger charge is 2.34. The average molecular weight is 565 g/mol. The minimum Gasteiger partial charge on any atom is -0.458 e. The largest absolute Gasteiger partial charge is 0.458 e. The summed E-state index contributed by atoms with van der Waals surface area (Å²) in [4.78, 5) is 38.2. The van der Waals surface area contributed by atoms with Gasteiger partial charge in [0.1, 0.15) is 6.10 Å². The summed E-state index contributed by atoms with van der Waals surface area (Å²) in [5, 5.41) is 3.17. The Bertz CT molecular complexity index is 1100. The van der Waals surface area contributed by atoms with Gasteiger partial charge >= 0.3 is 11.9 Å². The van der Waals surface area contributed by atoms with Crippen LogP contribution in [0.4, 0.5) is 5.69 Å². The first kappa shape index (κ1) is 27.2. The number of hydrogen-bond donors (Lipinski definition) is 1. The molecule has 0 unspecified atom stereocenters. The zero-order valence-corrected chi connectivity index (χ0v) is 22.7. The normalized spacial score (nSPS) is 19.8. The SMILES string of the molecule is Cc1c(NC(=O)COC(=O)c2ccccc2C(=O)O[C@@H]2C[C@H](C)CC[C@H]2C(C)C)ccc(Br)c1Cl. The van der Waals surface area contributed by atoms with E-state index in [1.54, 1.807) is 37.3 Å². The maximum atomic E-state index is 13.1. The molecule has 0 aromatic heterocycles. The van der Waals surface area contributed by atoms with Crippen LogP contribution >= 0.6 is 27.5 Å². The van der Waals surface area contributed by atoms with Crippen molar-refractivity contribution >= 4 is 51.1 Å². The highest BCUT2D eigenvalue weighted by Crippen LogP contribution is 2.36. The number of carbonyl (C=O) groups is 3. The Morgan fingerprint density at radius 2 is 1.74 bits per heavy atom. The van der Waals surface area contributed by atoms with Gasteiger partial charge in [0.05, 0.1) is 16.1 Å². The van der Waals surface area contributed by atoms with Gasteiger partial charge < -0.3 is 14.8 Å². The zero-order valence-electron chi connectivity index (χ0n) is 20.4. The molecule has 3 atom stereocenters. The van der Waals surface area contributed by atoms with E-state index in [0.29, 0.717) is 32.6 Å². The van der Waals surface area contributed by atoms with Crippen molar-refractivity contribution in [1.82, 2.24) is 0 Å². The van der Waals surface area contributed by atoms with Gasteiger partial charge in [-0.3, -0.25) is 4.79 Å². The van der Waals surface area contributed by atoms with Crippen LogP contribution in [0, 0.1) is 24.7 Å². The number of amides is 1. The van der Waals surface area contributed by atoms with E-state index in [9.17, 15) is 14.4 Å². The molecule has 0 radical (unpaired) electrons. The second kappa shape index (κ2) is 12.0. The number of carbonyl (C=O) groups excluding carboxylic acids is 3. The van der Waals surface area contributed by atoms with Gasteiger partial charge in [-0.2, -0.15) is 0 Å². The molecule has 2 aromatic carbocycles. The number of anilines is 1. The quantitative estimate of drug-likeness (QED) is 0.373. The first-order valence-corrected chi connectivity index (χ1v) is 13.0. The molecule has 2 aromatic rings. The molecular weight excluding hydrogens is 534 g/mol. The van der Waals surface area contributed by atoms with Crippen LogP contribution in [0.15, 0.2) is 40.9 Å². The molecular formula is C27H31BrClNO5. The van der Waals surface area contributed by atoms with Gasteiger partial charge in [-0.25, -0.2) is 9.59 Å². The lowest BCUT2D eigenvalue weighted by atomic mass is 9.75. The lowest BCUT2D eigenvalue weighted by molar-refractivity contribution is -0.119. The van der Waals surface area contributed by atoms with Crippen LogP contribution in [0.1, 0.15) is 66.3 Å². The summed E-state index contributed by atoms with van der Waals surface area (Å²) in [5.41, 5.74) is 1.41. The minimum absolute atomic E-state index is 0.0677. The Morgan fingerprint density at radius 3 is 2.40 bits per heavy atom. The number of nitrogens with one attached hydrogen (secondary N) is 1. The number of halogens is 2. The van der Waals surface area contributed by atoms with Crippen molar-refractivity contribution in [3.63, 3.8) is 0 Å². The molecule has 1 aliphatic rings. The van der Waals surface area contributed by atoms with Crippen molar-refractivity contribution in [2.45, 2.75) is 53.1 Å². The first-order chi connectivity index (χ1) is 16.6. The molecule has 35 heavy (non-hydrogen) atoms. The van der Waals surface area contributed by atoms with Crippen molar-refractivity contribution in [3.8, 4) is 0 Å². The number of esters is 2. The van der Waals surface area contributed by atoms with E-state index in [-0.39, 0.29) is 23.1 Å². The van der Waals surface area contributed by atoms with Crippen molar-refractivity contribution in [2.24, 2.45) is 17.8 Å². The highest BCUT2D eigenvalue weighted by molar-refractivity contribution is 9.10. The monoisotopic (exact) mass is 563 g/mol.